The summed E-state index contributed by atoms with van der Waals surface area (Å²) in [5.74, 6) is -0.131. The number of hydrogen-bond donors (Lipinski definition) is 2. The Labute approximate surface area is 154 Å². The normalized spacial score (nSPS) is 16.3. The molecule has 0 bridgehead atoms. The largest absolute Gasteiger partial charge is 0.468 e. The summed E-state index contributed by atoms with van der Waals surface area (Å²) < 4.78 is 41.2. The van der Waals surface area contributed by atoms with E-state index in [2.05, 4.69) is 26.4 Å². The highest BCUT2D eigenvalue weighted by Crippen LogP contribution is 2.29. The molecule has 0 saturated carbocycles. The standard InChI is InChI=1S/C19H20F3N3O2/c20-19(21,22)12-27-17-10-13(8-9-23-17)11-24-18(26)25-16-7-3-5-14-4-1-2-6-15(14)16/h1-2,4,6,8-10,16H,3,5,7,11-12H2,(H2,24,25,26)/t16-/m0/s1. The van der Waals surface area contributed by atoms with Crippen LogP contribution in [0.4, 0.5) is 18.0 Å². The quantitative estimate of drug-likeness (QED) is 0.828. The predicted octanol–water partition coefficient (Wildman–Crippen LogP) is 3.90. The van der Waals surface area contributed by atoms with Gasteiger partial charge in [0.2, 0.25) is 5.88 Å². The Morgan fingerprint density at radius 1 is 1.26 bits per heavy atom. The number of carbonyl (C=O) groups excluding carboxylic acids is 1. The Hall–Kier alpha value is -2.77. The van der Waals surface area contributed by atoms with E-state index >= 15 is 0 Å². The highest BCUT2D eigenvalue weighted by Gasteiger charge is 2.28. The summed E-state index contributed by atoms with van der Waals surface area (Å²) in [5, 5.41) is 5.68. The highest BCUT2D eigenvalue weighted by molar-refractivity contribution is 5.74. The first-order chi connectivity index (χ1) is 12.9. The molecule has 0 fully saturated rings. The Kier molecular flexibility index (Phi) is 5.83. The Balaban J connectivity index is 1.53. The van der Waals surface area contributed by atoms with Crippen LogP contribution in [0.5, 0.6) is 5.88 Å². The maximum absolute atomic E-state index is 12.2. The summed E-state index contributed by atoms with van der Waals surface area (Å²) in [7, 11) is 0. The summed E-state index contributed by atoms with van der Waals surface area (Å²) in [4.78, 5) is 16.0. The summed E-state index contributed by atoms with van der Waals surface area (Å²) in [5.41, 5.74) is 2.97. The van der Waals surface area contributed by atoms with E-state index in [1.54, 1.807) is 6.07 Å². The number of aromatic nitrogens is 1. The number of nitrogens with one attached hydrogen (secondary N) is 2. The van der Waals surface area contributed by atoms with Crippen LogP contribution in [0.15, 0.2) is 42.6 Å². The van der Waals surface area contributed by atoms with Gasteiger partial charge in [0.15, 0.2) is 6.61 Å². The number of urea groups is 1. The minimum absolute atomic E-state index is 0.0435. The summed E-state index contributed by atoms with van der Waals surface area (Å²) in [6.45, 7) is -1.25. The van der Waals surface area contributed by atoms with Crippen molar-refractivity contribution >= 4 is 6.03 Å². The first kappa shape index (κ1) is 19.0. The van der Waals surface area contributed by atoms with Crippen LogP contribution in [0.25, 0.3) is 0 Å². The molecule has 1 aromatic carbocycles. The fourth-order valence-corrected chi connectivity index (χ4v) is 3.09. The lowest BCUT2D eigenvalue weighted by molar-refractivity contribution is -0.154. The van der Waals surface area contributed by atoms with Crippen molar-refractivity contribution in [3.05, 3.63) is 59.3 Å². The number of alkyl halides is 3. The SMILES string of the molecule is O=C(NCc1ccnc(OCC(F)(F)F)c1)N[C@H]1CCCc2ccccc21. The molecule has 2 amide bonds. The number of pyridine rings is 1. The van der Waals surface area contributed by atoms with Gasteiger partial charge in [-0.2, -0.15) is 13.2 Å². The summed E-state index contributed by atoms with van der Waals surface area (Å²) in [6, 6.07) is 10.6. The van der Waals surface area contributed by atoms with Crippen molar-refractivity contribution in [2.75, 3.05) is 6.61 Å². The molecule has 3 rings (SSSR count). The first-order valence-corrected chi connectivity index (χ1v) is 8.67. The Morgan fingerprint density at radius 3 is 2.89 bits per heavy atom. The lowest BCUT2D eigenvalue weighted by atomic mass is 9.88. The van der Waals surface area contributed by atoms with Crippen LogP contribution >= 0.6 is 0 Å². The van der Waals surface area contributed by atoms with E-state index in [0.717, 1.165) is 24.8 Å². The van der Waals surface area contributed by atoms with Crippen LogP contribution in [-0.4, -0.2) is 23.8 Å². The second-order valence-corrected chi connectivity index (χ2v) is 6.38. The van der Waals surface area contributed by atoms with E-state index in [-0.39, 0.29) is 24.5 Å². The predicted molar refractivity (Wildman–Crippen MR) is 93.3 cm³/mol. The molecule has 27 heavy (non-hydrogen) atoms. The van der Waals surface area contributed by atoms with Gasteiger partial charge in [-0.15, -0.1) is 0 Å². The second kappa shape index (κ2) is 8.28. The molecular formula is C19H20F3N3O2. The van der Waals surface area contributed by atoms with E-state index in [9.17, 15) is 18.0 Å². The molecule has 0 radical (unpaired) electrons. The first-order valence-electron chi connectivity index (χ1n) is 8.67. The molecule has 0 spiro atoms. The van der Waals surface area contributed by atoms with Crippen molar-refractivity contribution in [3.63, 3.8) is 0 Å². The van der Waals surface area contributed by atoms with E-state index in [4.69, 9.17) is 0 Å². The molecule has 2 aromatic rings. The molecule has 8 heteroatoms. The fraction of sp³-hybridized carbons (Fsp3) is 0.368. The zero-order valence-corrected chi connectivity index (χ0v) is 14.6. The van der Waals surface area contributed by atoms with Gasteiger partial charge in [0.25, 0.3) is 0 Å². The van der Waals surface area contributed by atoms with Gasteiger partial charge < -0.3 is 15.4 Å². The smallest absolute Gasteiger partial charge is 0.422 e. The number of rotatable bonds is 5. The van der Waals surface area contributed by atoms with Crippen LogP contribution in [0.1, 0.15) is 35.6 Å². The van der Waals surface area contributed by atoms with E-state index in [1.165, 1.54) is 17.8 Å². The maximum atomic E-state index is 12.2. The fourth-order valence-electron chi connectivity index (χ4n) is 3.09. The molecule has 0 saturated heterocycles. The van der Waals surface area contributed by atoms with Gasteiger partial charge >= 0.3 is 12.2 Å². The van der Waals surface area contributed by atoms with E-state index in [1.807, 2.05) is 18.2 Å². The second-order valence-electron chi connectivity index (χ2n) is 6.38. The topological polar surface area (TPSA) is 63.2 Å². The molecule has 0 aliphatic heterocycles. The van der Waals surface area contributed by atoms with E-state index < -0.39 is 12.8 Å². The lowest BCUT2D eigenvalue weighted by Crippen LogP contribution is -2.38. The van der Waals surface area contributed by atoms with Crippen molar-refractivity contribution in [1.82, 2.24) is 15.6 Å². The van der Waals surface area contributed by atoms with Gasteiger partial charge in [-0.1, -0.05) is 24.3 Å². The number of benzene rings is 1. The van der Waals surface area contributed by atoms with Gasteiger partial charge in [0.05, 0.1) is 6.04 Å². The minimum atomic E-state index is -4.42. The zero-order chi connectivity index (χ0) is 19.3. The summed E-state index contributed by atoms with van der Waals surface area (Å²) >= 11 is 0. The molecule has 1 aromatic heterocycles. The van der Waals surface area contributed by atoms with Crippen LogP contribution in [0.2, 0.25) is 0 Å². The molecule has 0 unspecified atom stereocenters. The number of nitrogens with zero attached hydrogens (tertiary/aromatic N) is 1. The van der Waals surface area contributed by atoms with Crippen LogP contribution in [0, 0.1) is 0 Å². The number of ether oxygens (including phenoxy) is 1. The van der Waals surface area contributed by atoms with Crippen LogP contribution in [0.3, 0.4) is 0 Å². The average Bonchev–Trinajstić information content (AvgIpc) is 2.65. The molecule has 1 heterocycles. The minimum Gasteiger partial charge on any atom is -0.468 e. The van der Waals surface area contributed by atoms with Gasteiger partial charge in [-0.25, -0.2) is 9.78 Å². The molecular weight excluding hydrogens is 359 g/mol. The number of hydrogen-bond acceptors (Lipinski definition) is 3. The number of fused-ring (bicyclic) bond motifs is 1. The van der Waals surface area contributed by atoms with Crippen LogP contribution < -0.4 is 15.4 Å². The van der Waals surface area contributed by atoms with Gasteiger partial charge in [-0.05, 0) is 42.0 Å². The van der Waals surface area contributed by atoms with Crippen molar-refractivity contribution in [1.29, 1.82) is 0 Å². The Bertz CT molecular complexity index is 796. The van der Waals surface area contributed by atoms with Gasteiger partial charge in [-0.3, -0.25) is 0 Å². The molecule has 1 atom stereocenters. The molecule has 5 nitrogen and oxygen atoms in total. The number of carbonyl (C=O) groups is 1. The van der Waals surface area contributed by atoms with Gasteiger partial charge in [0.1, 0.15) is 0 Å². The van der Waals surface area contributed by atoms with Crippen LogP contribution in [-0.2, 0) is 13.0 Å². The average molecular weight is 379 g/mol. The Morgan fingerprint density at radius 2 is 2.07 bits per heavy atom. The number of halogens is 3. The third kappa shape index (κ3) is 5.60. The number of aryl methyl sites for hydroxylation is 1. The molecule has 1 aliphatic rings. The zero-order valence-electron chi connectivity index (χ0n) is 14.6. The highest BCUT2D eigenvalue weighted by atomic mass is 19.4. The third-order valence-electron chi connectivity index (χ3n) is 4.31. The van der Waals surface area contributed by atoms with Crippen molar-refractivity contribution in [2.24, 2.45) is 0 Å². The van der Waals surface area contributed by atoms with Crippen molar-refractivity contribution in [2.45, 2.75) is 38.0 Å². The lowest BCUT2D eigenvalue weighted by Gasteiger charge is -2.26. The third-order valence-corrected chi connectivity index (χ3v) is 4.31. The van der Waals surface area contributed by atoms with Crippen molar-refractivity contribution < 1.29 is 22.7 Å². The maximum Gasteiger partial charge on any atom is 0.422 e. The molecule has 2 N–H and O–H groups in total. The van der Waals surface area contributed by atoms with E-state index in [0.29, 0.717) is 5.56 Å². The monoisotopic (exact) mass is 379 g/mol. The molecule has 144 valence electrons. The van der Waals surface area contributed by atoms with Gasteiger partial charge in [0, 0.05) is 18.8 Å². The van der Waals surface area contributed by atoms with Crippen molar-refractivity contribution in [3.8, 4) is 5.88 Å². The molecule has 1 aliphatic carbocycles. The number of amides is 2. The summed E-state index contributed by atoms with van der Waals surface area (Å²) in [6.07, 6.45) is -0.195.